The Morgan fingerprint density at radius 3 is 2.50 bits per heavy atom. The number of ketones is 1. The molecule has 0 radical (unpaired) electrons. The number of halogens is 1. The molecule has 3 aromatic rings. The standard InChI is InChI=1S/C20H18ClNO5S/c1-12-16(13(2)27-22-12)10-25-15-5-3-14(4-6-15)9-20(24)26-11-17(23)18-7-8-19(21)28-18/h3-8H,9-11H2,1-2H3. The molecule has 0 atom stereocenters. The number of Topliss-reactive ketones (excluding diaryl/α,β-unsaturated/α-hetero) is 1. The Bertz CT molecular complexity index is 957. The molecule has 0 unspecified atom stereocenters. The Kier molecular flexibility index (Phi) is 6.49. The minimum absolute atomic E-state index is 0.0720. The number of benzene rings is 1. The van der Waals surface area contributed by atoms with Gasteiger partial charge in [0.15, 0.2) is 6.61 Å². The van der Waals surface area contributed by atoms with Gasteiger partial charge in [-0.15, -0.1) is 11.3 Å². The van der Waals surface area contributed by atoms with Crippen molar-refractivity contribution in [1.29, 1.82) is 0 Å². The summed E-state index contributed by atoms with van der Waals surface area (Å²) in [7, 11) is 0. The number of aromatic nitrogens is 1. The highest BCUT2D eigenvalue weighted by molar-refractivity contribution is 7.18. The molecule has 146 valence electrons. The lowest BCUT2D eigenvalue weighted by molar-refractivity contribution is -0.141. The van der Waals surface area contributed by atoms with Crippen LogP contribution in [0, 0.1) is 13.8 Å². The maximum Gasteiger partial charge on any atom is 0.310 e. The zero-order valence-corrected chi connectivity index (χ0v) is 16.9. The van der Waals surface area contributed by atoms with Crippen molar-refractivity contribution in [1.82, 2.24) is 5.16 Å². The number of rotatable bonds is 8. The Balaban J connectivity index is 1.47. The van der Waals surface area contributed by atoms with Gasteiger partial charge in [0.05, 0.1) is 26.9 Å². The summed E-state index contributed by atoms with van der Waals surface area (Å²) in [5.41, 5.74) is 2.49. The zero-order valence-electron chi connectivity index (χ0n) is 15.4. The van der Waals surface area contributed by atoms with Crippen molar-refractivity contribution in [2.75, 3.05) is 6.61 Å². The van der Waals surface area contributed by atoms with Crippen LogP contribution in [-0.4, -0.2) is 23.5 Å². The average molecular weight is 420 g/mol. The first-order valence-corrected chi connectivity index (χ1v) is 9.69. The minimum atomic E-state index is -0.472. The number of hydrogen-bond acceptors (Lipinski definition) is 7. The minimum Gasteiger partial charge on any atom is -0.489 e. The quantitative estimate of drug-likeness (QED) is 0.393. The maximum absolute atomic E-state index is 11.9. The molecule has 0 saturated carbocycles. The fourth-order valence-corrected chi connectivity index (χ4v) is 3.43. The largest absolute Gasteiger partial charge is 0.489 e. The molecular weight excluding hydrogens is 402 g/mol. The third kappa shape index (κ3) is 5.21. The van der Waals surface area contributed by atoms with E-state index in [1.165, 1.54) is 0 Å². The molecule has 0 spiro atoms. The van der Waals surface area contributed by atoms with Crippen LogP contribution in [0.2, 0.25) is 4.34 Å². The number of aryl methyl sites for hydroxylation is 2. The van der Waals surface area contributed by atoms with Crippen molar-refractivity contribution in [3.63, 3.8) is 0 Å². The number of nitrogens with zero attached hydrogens (tertiary/aromatic N) is 1. The highest BCUT2D eigenvalue weighted by Crippen LogP contribution is 2.22. The van der Waals surface area contributed by atoms with E-state index in [4.69, 9.17) is 25.6 Å². The molecule has 0 amide bonds. The number of ether oxygens (including phenoxy) is 2. The van der Waals surface area contributed by atoms with Gasteiger partial charge in [-0.3, -0.25) is 9.59 Å². The lowest BCUT2D eigenvalue weighted by Gasteiger charge is -2.07. The van der Waals surface area contributed by atoms with Crippen LogP contribution in [0.5, 0.6) is 5.75 Å². The smallest absolute Gasteiger partial charge is 0.310 e. The van der Waals surface area contributed by atoms with Crippen LogP contribution in [0.25, 0.3) is 0 Å². The highest BCUT2D eigenvalue weighted by Gasteiger charge is 2.13. The van der Waals surface area contributed by atoms with Crippen LogP contribution in [0.3, 0.4) is 0 Å². The van der Waals surface area contributed by atoms with Crippen LogP contribution in [-0.2, 0) is 22.6 Å². The van der Waals surface area contributed by atoms with Gasteiger partial charge in [0.2, 0.25) is 5.78 Å². The number of hydrogen-bond donors (Lipinski definition) is 0. The van der Waals surface area contributed by atoms with E-state index in [1.54, 1.807) is 36.4 Å². The number of esters is 1. The molecular formula is C20H18ClNO5S. The van der Waals surface area contributed by atoms with Crippen LogP contribution < -0.4 is 4.74 Å². The molecule has 3 rings (SSSR count). The predicted octanol–water partition coefficient (Wildman–Crippen LogP) is 4.55. The van der Waals surface area contributed by atoms with E-state index in [9.17, 15) is 9.59 Å². The summed E-state index contributed by atoms with van der Waals surface area (Å²) in [6, 6.07) is 10.4. The summed E-state index contributed by atoms with van der Waals surface area (Å²) in [5.74, 6) is 0.659. The summed E-state index contributed by atoms with van der Waals surface area (Å²) in [6.07, 6.45) is 0.0720. The van der Waals surface area contributed by atoms with Crippen LogP contribution >= 0.6 is 22.9 Å². The Hall–Kier alpha value is -2.64. The van der Waals surface area contributed by atoms with E-state index in [0.717, 1.165) is 33.9 Å². The van der Waals surface area contributed by atoms with Gasteiger partial charge in [0.1, 0.15) is 18.1 Å². The van der Waals surface area contributed by atoms with Gasteiger partial charge in [0, 0.05) is 0 Å². The lowest BCUT2D eigenvalue weighted by atomic mass is 10.1. The van der Waals surface area contributed by atoms with Gasteiger partial charge in [0.25, 0.3) is 0 Å². The molecule has 0 aliphatic carbocycles. The number of thiophene rings is 1. The van der Waals surface area contributed by atoms with Gasteiger partial charge in [-0.2, -0.15) is 0 Å². The first-order valence-electron chi connectivity index (χ1n) is 8.50. The summed E-state index contributed by atoms with van der Waals surface area (Å²) in [4.78, 5) is 24.3. The second-order valence-electron chi connectivity index (χ2n) is 6.10. The SMILES string of the molecule is Cc1noc(C)c1COc1ccc(CC(=O)OCC(=O)c2ccc(Cl)s2)cc1. The van der Waals surface area contributed by atoms with Crippen LogP contribution in [0.15, 0.2) is 40.9 Å². The van der Waals surface area contributed by atoms with E-state index < -0.39 is 5.97 Å². The van der Waals surface area contributed by atoms with Crippen molar-refractivity contribution < 1.29 is 23.6 Å². The second-order valence-corrected chi connectivity index (χ2v) is 7.81. The van der Waals surface area contributed by atoms with Crippen LogP contribution in [0.4, 0.5) is 0 Å². The molecule has 0 saturated heterocycles. The lowest BCUT2D eigenvalue weighted by Crippen LogP contribution is -2.14. The van der Waals surface area contributed by atoms with E-state index in [-0.39, 0.29) is 18.8 Å². The van der Waals surface area contributed by atoms with E-state index in [2.05, 4.69) is 5.16 Å². The third-order valence-electron chi connectivity index (χ3n) is 4.05. The highest BCUT2D eigenvalue weighted by atomic mass is 35.5. The van der Waals surface area contributed by atoms with Crippen LogP contribution in [0.1, 0.15) is 32.3 Å². The van der Waals surface area contributed by atoms with Crippen molar-refractivity contribution in [3.8, 4) is 5.75 Å². The molecule has 0 fully saturated rings. The average Bonchev–Trinajstić information content (AvgIpc) is 3.25. The second kappa shape index (κ2) is 9.03. The van der Waals surface area contributed by atoms with Gasteiger partial charge in [-0.1, -0.05) is 28.9 Å². The fraction of sp³-hybridized carbons (Fsp3) is 0.250. The third-order valence-corrected chi connectivity index (χ3v) is 5.32. The Morgan fingerprint density at radius 1 is 1.14 bits per heavy atom. The van der Waals surface area contributed by atoms with Gasteiger partial charge >= 0.3 is 5.97 Å². The van der Waals surface area contributed by atoms with Crippen molar-refractivity contribution in [2.24, 2.45) is 0 Å². The molecule has 2 aromatic heterocycles. The Morgan fingerprint density at radius 2 is 1.89 bits per heavy atom. The topological polar surface area (TPSA) is 78.6 Å². The van der Waals surface area contributed by atoms with E-state index in [1.807, 2.05) is 13.8 Å². The molecule has 0 bridgehead atoms. The molecule has 28 heavy (non-hydrogen) atoms. The van der Waals surface area contributed by atoms with E-state index in [0.29, 0.717) is 21.6 Å². The molecule has 2 heterocycles. The molecule has 0 aliphatic rings. The molecule has 6 nitrogen and oxygen atoms in total. The number of carbonyl (C=O) groups excluding carboxylic acids is 2. The Labute approximate surface area is 171 Å². The van der Waals surface area contributed by atoms with Crippen molar-refractivity contribution in [2.45, 2.75) is 26.9 Å². The molecule has 0 N–H and O–H groups in total. The first kappa shape index (κ1) is 20.1. The van der Waals surface area contributed by atoms with Crippen molar-refractivity contribution in [3.05, 3.63) is 68.2 Å². The fourth-order valence-electron chi connectivity index (χ4n) is 2.47. The van der Waals surface area contributed by atoms with Gasteiger partial charge in [-0.25, -0.2) is 0 Å². The normalized spacial score (nSPS) is 10.7. The van der Waals surface area contributed by atoms with E-state index >= 15 is 0 Å². The molecule has 0 aliphatic heterocycles. The van der Waals surface area contributed by atoms with Gasteiger partial charge in [-0.05, 0) is 43.7 Å². The zero-order chi connectivity index (χ0) is 20.1. The predicted molar refractivity (Wildman–Crippen MR) is 105 cm³/mol. The number of carbonyl (C=O) groups is 2. The monoisotopic (exact) mass is 419 g/mol. The summed E-state index contributed by atoms with van der Waals surface area (Å²) in [5, 5.41) is 3.89. The summed E-state index contributed by atoms with van der Waals surface area (Å²) < 4.78 is 16.4. The molecule has 8 heteroatoms. The van der Waals surface area contributed by atoms with Crippen molar-refractivity contribution >= 4 is 34.7 Å². The maximum atomic E-state index is 11.9. The molecule has 1 aromatic carbocycles. The van der Waals surface area contributed by atoms with Gasteiger partial charge < -0.3 is 14.0 Å². The first-order chi connectivity index (χ1) is 13.4. The summed E-state index contributed by atoms with van der Waals surface area (Å²) in [6.45, 7) is 3.76. The summed E-state index contributed by atoms with van der Waals surface area (Å²) >= 11 is 6.95.